The van der Waals surface area contributed by atoms with E-state index in [2.05, 4.69) is 14.8 Å². The fraction of sp³-hybridized carbons (Fsp3) is 0.278. The number of nitrogens with one attached hydrogen (secondary N) is 2. The van der Waals surface area contributed by atoms with Gasteiger partial charge in [-0.2, -0.15) is 0 Å². The highest BCUT2D eigenvalue weighted by molar-refractivity contribution is 7.92. The lowest BCUT2D eigenvalue weighted by molar-refractivity contribution is -0.274. The molecule has 29 heavy (non-hydrogen) atoms. The molecule has 0 unspecified atom stereocenters. The van der Waals surface area contributed by atoms with Crippen molar-refractivity contribution in [1.82, 2.24) is 0 Å². The Balaban J connectivity index is 2.13. The number of sulfonamides is 1. The Labute approximate surface area is 164 Å². The van der Waals surface area contributed by atoms with E-state index in [0.29, 0.717) is 5.69 Å². The maximum Gasteiger partial charge on any atom is 0.573 e. The van der Waals surface area contributed by atoms with Gasteiger partial charge in [0.25, 0.3) is 10.0 Å². The first kappa shape index (κ1) is 22.5. The number of carbonyl (C=O) groups is 1. The Hall–Kier alpha value is -2.82. The average Bonchev–Trinajstić information content (AvgIpc) is 2.62. The second-order valence-corrected chi connectivity index (χ2v) is 8.36. The summed E-state index contributed by atoms with van der Waals surface area (Å²) in [6.45, 7) is 2.01. The summed E-state index contributed by atoms with van der Waals surface area (Å²) in [5.74, 6) is -1.22. The Morgan fingerprint density at radius 3 is 2.17 bits per heavy atom. The second kappa shape index (κ2) is 8.27. The molecule has 11 heteroatoms. The van der Waals surface area contributed by atoms with Crippen molar-refractivity contribution >= 4 is 27.3 Å². The van der Waals surface area contributed by atoms with Crippen LogP contribution in [0.5, 0.6) is 5.75 Å². The second-order valence-electron chi connectivity index (χ2n) is 6.68. The van der Waals surface area contributed by atoms with Crippen molar-refractivity contribution in [3.8, 4) is 5.75 Å². The van der Waals surface area contributed by atoms with Gasteiger partial charge >= 0.3 is 6.36 Å². The molecule has 6 nitrogen and oxygen atoms in total. The van der Waals surface area contributed by atoms with E-state index < -0.39 is 45.0 Å². The van der Waals surface area contributed by atoms with Crippen molar-refractivity contribution in [2.75, 3.05) is 16.7 Å². The van der Waals surface area contributed by atoms with Gasteiger partial charge in [-0.3, -0.25) is 9.52 Å². The summed E-state index contributed by atoms with van der Waals surface area (Å²) in [6, 6.07) is 9.41. The number of anilines is 2. The summed E-state index contributed by atoms with van der Waals surface area (Å²) in [6.07, 6.45) is -4.95. The Morgan fingerprint density at radius 2 is 1.62 bits per heavy atom. The van der Waals surface area contributed by atoms with Crippen LogP contribution < -0.4 is 14.8 Å². The van der Waals surface area contributed by atoms with Gasteiger partial charge in [0.15, 0.2) is 0 Å². The van der Waals surface area contributed by atoms with Gasteiger partial charge in [-0.25, -0.2) is 12.8 Å². The maximum absolute atomic E-state index is 12.8. The third-order valence-electron chi connectivity index (χ3n) is 3.69. The van der Waals surface area contributed by atoms with Gasteiger partial charge in [-0.05, 0) is 50.2 Å². The molecule has 0 aliphatic heterocycles. The van der Waals surface area contributed by atoms with Crippen molar-refractivity contribution in [1.29, 1.82) is 0 Å². The highest BCUT2D eigenvalue weighted by Crippen LogP contribution is 2.26. The van der Waals surface area contributed by atoms with E-state index in [9.17, 15) is 30.8 Å². The lowest BCUT2D eigenvalue weighted by Crippen LogP contribution is -2.32. The third-order valence-corrected chi connectivity index (χ3v) is 5.07. The number of ether oxygens (including phenoxy) is 1. The summed E-state index contributed by atoms with van der Waals surface area (Å²) in [4.78, 5) is 11.5. The van der Waals surface area contributed by atoms with Crippen molar-refractivity contribution in [2.45, 2.75) is 25.1 Å². The van der Waals surface area contributed by atoms with Gasteiger partial charge in [0.1, 0.15) is 12.4 Å². The first-order valence-corrected chi connectivity index (χ1v) is 9.67. The lowest BCUT2D eigenvalue weighted by Gasteiger charge is -2.19. The van der Waals surface area contributed by atoms with Crippen molar-refractivity contribution < 1.29 is 35.5 Å². The molecule has 0 saturated carbocycles. The summed E-state index contributed by atoms with van der Waals surface area (Å²) < 4.78 is 80.5. The van der Waals surface area contributed by atoms with E-state index in [1.54, 1.807) is 0 Å². The monoisotopic (exact) mass is 434 g/mol. The summed E-state index contributed by atoms with van der Waals surface area (Å²) in [5, 5.41) is 2.50. The van der Waals surface area contributed by atoms with Crippen LogP contribution in [0, 0.1) is 5.41 Å². The molecule has 158 valence electrons. The molecule has 0 aromatic heterocycles. The Morgan fingerprint density at radius 1 is 1.03 bits per heavy atom. The topological polar surface area (TPSA) is 84.5 Å². The van der Waals surface area contributed by atoms with E-state index >= 15 is 0 Å². The van der Waals surface area contributed by atoms with E-state index in [1.165, 1.54) is 38.1 Å². The molecule has 0 spiro atoms. The van der Waals surface area contributed by atoms with E-state index in [-0.39, 0.29) is 5.69 Å². The Bertz CT molecular complexity index is 974. The molecule has 0 bridgehead atoms. The van der Waals surface area contributed by atoms with E-state index in [0.717, 1.165) is 24.3 Å². The minimum absolute atomic E-state index is 0.106. The molecule has 2 aromatic rings. The molecule has 0 fully saturated rings. The zero-order chi connectivity index (χ0) is 21.9. The highest BCUT2D eigenvalue weighted by Gasteiger charge is 2.31. The number of amides is 1. The highest BCUT2D eigenvalue weighted by atomic mass is 32.2. The van der Waals surface area contributed by atoms with Crippen molar-refractivity contribution in [3.05, 3.63) is 48.5 Å². The van der Waals surface area contributed by atoms with Crippen LogP contribution in [0.15, 0.2) is 53.4 Å². The quantitative estimate of drug-likeness (QED) is 0.636. The minimum atomic E-state index is -4.95. The molecule has 1 amide bonds. The molecule has 2 aromatic carbocycles. The molecular formula is C18H18F4N2O4S. The number of halogens is 4. The smallest absolute Gasteiger partial charge is 0.406 e. The molecular weight excluding hydrogens is 416 g/mol. The van der Waals surface area contributed by atoms with Gasteiger partial charge < -0.3 is 10.1 Å². The largest absolute Gasteiger partial charge is 0.573 e. The van der Waals surface area contributed by atoms with E-state index in [4.69, 9.17) is 0 Å². The number of benzene rings is 2. The van der Waals surface area contributed by atoms with E-state index in [1.807, 2.05) is 0 Å². The molecule has 0 atom stereocenters. The minimum Gasteiger partial charge on any atom is -0.406 e. The molecule has 0 saturated heterocycles. The van der Waals surface area contributed by atoms with Gasteiger partial charge in [0.2, 0.25) is 5.91 Å². The number of carbonyl (C=O) groups excluding carboxylic acids is 1. The van der Waals surface area contributed by atoms with Gasteiger partial charge in [-0.15, -0.1) is 13.2 Å². The van der Waals surface area contributed by atoms with Gasteiger partial charge in [-0.1, -0.05) is 6.07 Å². The summed E-state index contributed by atoms with van der Waals surface area (Å²) >= 11 is 0. The van der Waals surface area contributed by atoms with Crippen LogP contribution in [-0.4, -0.2) is 27.4 Å². The molecule has 0 radical (unpaired) electrons. The Kier molecular flexibility index (Phi) is 6.41. The number of rotatable bonds is 7. The zero-order valence-electron chi connectivity index (χ0n) is 15.4. The molecule has 2 rings (SSSR count). The molecule has 0 aliphatic carbocycles. The van der Waals surface area contributed by atoms with Crippen LogP contribution in [0.3, 0.4) is 0 Å². The number of hydrogen-bond acceptors (Lipinski definition) is 4. The standard InChI is InChI=1S/C18H18F4N2O4S/c1-17(2,11-19)16(25)23-12-6-8-13(9-7-12)24-29(26,27)15-5-3-4-14(10-15)28-18(20,21)22/h3-10,24H,11H2,1-2H3,(H,23,25). The van der Waals surface area contributed by atoms with Gasteiger partial charge in [0.05, 0.1) is 10.3 Å². The van der Waals surface area contributed by atoms with Gasteiger partial charge in [0, 0.05) is 17.4 Å². The van der Waals surface area contributed by atoms with Crippen molar-refractivity contribution in [2.24, 2.45) is 5.41 Å². The average molecular weight is 434 g/mol. The van der Waals surface area contributed by atoms with Crippen LogP contribution >= 0.6 is 0 Å². The fourth-order valence-electron chi connectivity index (χ4n) is 2.04. The molecule has 0 heterocycles. The van der Waals surface area contributed by atoms with Crippen LogP contribution in [0.1, 0.15) is 13.8 Å². The fourth-order valence-corrected chi connectivity index (χ4v) is 3.13. The van der Waals surface area contributed by atoms with Crippen molar-refractivity contribution in [3.63, 3.8) is 0 Å². The SMILES string of the molecule is CC(C)(CF)C(=O)Nc1ccc(NS(=O)(=O)c2cccc(OC(F)(F)F)c2)cc1. The van der Waals surface area contributed by atoms with Crippen LogP contribution in [-0.2, 0) is 14.8 Å². The first-order valence-electron chi connectivity index (χ1n) is 8.18. The molecule has 0 aliphatic rings. The normalized spacial score (nSPS) is 12.3. The predicted octanol–water partition coefficient (Wildman–Crippen LogP) is 4.32. The maximum atomic E-state index is 12.8. The lowest BCUT2D eigenvalue weighted by atomic mass is 9.94. The first-order chi connectivity index (χ1) is 13.3. The molecule has 2 N–H and O–H groups in total. The van der Waals surface area contributed by atoms with Crippen LogP contribution in [0.4, 0.5) is 28.9 Å². The summed E-state index contributed by atoms with van der Waals surface area (Å²) in [7, 11) is -4.19. The predicted molar refractivity (Wildman–Crippen MR) is 98.8 cm³/mol. The van der Waals surface area contributed by atoms with Crippen LogP contribution in [0.2, 0.25) is 0 Å². The summed E-state index contributed by atoms with van der Waals surface area (Å²) in [5.41, 5.74) is -0.793. The zero-order valence-corrected chi connectivity index (χ0v) is 16.2. The third kappa shape index (κ3) is 6.34. The van der Waals surface area contributed by atoms with Crippen LogP contribution in [0.25, 0.3) is 0 Å². The number of hydrogen-bond donors (Lipinski definition) is 2. The number of alkyl halides is 4.